The molecule has 0 saturated heterocycles. The molecule has 0 aliphatic carbocycles. The minimum absolute atomic E-state index is 0. The van der Waals surface area contributed by atoms with Gasteiger partial charge in [-0.1, -0.05) is 0 Å². The molecule has 10 heteroatoms. The van der Waals surface area contributed by atoms with Crippen molar-refractivity contribution >= 4 is 17.9 Å². The van der Waals surface area contributed by atoms with Crippen LogP contribution < -0.4 is 44.9 Å². The van der Waals surface area contributed by atoms with Crippen molar-refractivity contribution < 1.29 is 101 Å². The van der Waals surface area contributed by atoms with E-state index < -0.39 is 17.9 Å². The molecule has 0 spiro atoms. The van der Waals surface area contributed by atoms with E-state index in [1.807, 2.05) is 0 Å². The van der Waals surface area contributed by atoms with Crippen molar-refractivity contribution in [2.24, 2.45) is 0 Å². The summed E-state index contributed by atoms with van der Waals surface area (Å²) in [5.41, 5.74) is 0. The number of carboxylic acid groups (broad SMARTS) is 3. The van der Waals surface area contributed by atoms with Gasteiger partial charge in [0.15, 0.2) is 0 Å². The molecule has 0 fully saturated rings. The third-order valence-electron chi connectivity index (χ3n) is 0. The average molecular weight is 474 g/mol. The molecule has 0 aromatic rings. The predicted octanol–water partition coefficient (Wildman–Crippen LogP) is -8.38. The van der Waals surface area contributed by atoms with E-state index >= 15 is 0 Å². The number of rotatable bonds is 0. The van der Waals surface area contributed by atoms with E-state index in [-0.39, 0.29) is 71.6 Å². The second-order valence-corrected chi connectivity index (χ2v) is 1.47. The molecule has 0 bridgehead atoms. The van der Waals surface area contributed by atoms with Gasteiger partial charge in [0.1, 0.15) is 0 Å². The molecule has 0 heterocycles. The van der Waals surface area contributed by atoms with Gasteiger partial charge in [0.05, 0.1) is 0 Å². The number of carbonyl (C=O) groups is 3. The van der Waals surface area contributed by atoms with Gasteiger partial charge >= 0.3 is 60.7 Å². The Morgan fingerprint density at radius 3 is 0.688 bits per heavy atom. The Hall–Kier alpha value is 0.382. The maximum absolute atomic E-state index is 8.89. The van der Waals surface area contributed by atoms with E-state index in [0.717, 1.165) is 20.8 Å². The number of hydrogen-bond donors (Lipinski definition) is 0. The van der Waals surface area contributed by atoms with Crippen molar-refractivity contribution in [3.8, 4) is 0 Å². The molecule has 0 unspecified atom stereocenters. The van der Waals surface area contributed by atoms with Crippen LogP contribution in [-0.4, -0.2) is 28.9 Å². The second-order valence-electron chi connectivity index (χ2n) is 1.47. The van der Waals surface area contributed by atoms with Gasteiger partial charge in [-0.15, -0.1) is 0 Å². The molecule has 0 atom stereocenters. The summed E-state index contributed by atoms with van der Waals surface area (Å²) in [6, 6.07) is 0. The Labute approximate surface area is 139 Å². The molecule has 16 heavy (non-hydrogen) atoms. The zero-order valence-corrected chi connectivity index (χ0v) is 15.6. The van der Waals surface area contributed by atoms with Crippen LogP contribution in [0.5, 0.6) is 0 Å². The molecular weight excluding hydrogens is 461 g/mol. The molecule has 90 valence electrons. The van der Waals surface area contributed by atoms with Crippen LogP contribution in [0.25, 0.3) is 0 Å². The fraction of sp³-hybridized carbons (Fsp3) is 0.500. The van der Waals surface area contributed by atoms with Crippen LogP contribution in [0, 0.1) is 31.1 Å². The maximum Gasteiger partial charge on any atom is 2.00 e. The summed E-state index contributed by atoms with van der Waals surface area (Å²) in [4.78, 5) is 26.7. The molecule has 0 aliphatic heterocycles. The van der Waals surface area contributed by atoms with E-state index in [4.69, 9.17) is 29.7 Å². The molecule has 4 N–H and O–H groups in total. The quantitative estimate of drug-likeness (QED) is 0.314. The Balaban J connectivity index is -0.0000000135. The van der Waals surface area contributed by atoms with E-state index in [9.17, 15) is 0 Å². The first-order valence-corrected chi connectivity index (χ1v) is 2.72. The molecule has 0 aromatic carbocycles. The summed E-state index contributed by atoms with van der Waals surface area (Å²) in [6.07, 6.45) is 0. The molecular formula is C6H13NaO8U. The largest absolute Gasteiger partial charge is 2.00 e. The number of carbonyl (C=O) groups excluding carboxylic acids is 3. The predicted molar refractivity (Wildman–Crippen MR) is 39.3 cm³/mol. The minimum atomic E-state index is -1.08. The maximum atomic E-state index is 8.89. The molecule has 0 radical (unpaired) electrons. The van der Waals surface area contributed by atoms with Crippen molar-refractivity contribution in [2.75, 3.05) is 0 Å². The number of carboxylic acids is 3. The standard InChI is InChI=1S/3C2H4O2.Na.2H2O.U/c3*1-2(3)4;;;;/h3*1H3,(H,3,4);;2*1H2;/q;;;+1;;;+2/p-3. The summed E-state index contributed by atoms with van der Waals surface area (Å²) in [7, 11) is 0. The van der Waals surface area contributed by atoms with E-state index in [0.29, 0.717) is 0 Å². The van der Waals surface area contributed by atoms with Crippen molar-refractivity contribution in [2.45, 2.75) is 20.8 Å². The average Bonchev–Trinajstić information content (AvgIpc) is 1.54. The smallest absolute Gasteiger partial charge is 0.550 e. The summed E-state index contributed by atoms with van der Waals surface area (Å²) in [5.74, 6) is -3.25. The Kier molecular flexibility index (Phi) is 99.5. The molecule has 0 amide bonds. The van der Waals surface area contributed by atoms with Gasteiger partial charge in [0.25, 0.3) is 0 Å². The van der Waals surface area contributed by atoms with E-state index in [1.54, 1.807) is 0 Å². The van der Waals surface area contributed by atoms with E-state index in [2.05, 4.69) is 0 Å². The summed E-state index contributed by atoms with van der Waals surface area (Å²) in [6.45, 7) is 2.92. The van der Waals surface area contributed by atoms with Crippen LogP contribution >= 0.6 is 0 Å². The van der Waals surface area contributed by atoms with Crippen molar-refractivity contribution in [1.82, 2.24) is 0 Å². The van der Waals surface area contributed by atoms with Crippen molar-refractivity contribution in [3.63, 3.8) is 0 Å². The van der Waals surface area contributed by atoms with Gasteiger partial charge < -0.3 is 40.7 Å². The van der Waals surface area contributed by atoms with Crippen LogP contribution in [0.1, 0.15) is 20.8 Å². The normalized spacial score (nSPS) is 4.69. The minimum Gasteiger partial charge on any atom is -0.550 e. The second kappa shape index (κ2) is 36.1. The summed E-state index contributed by atoms with van der Waals surface area (Å²) < 4.78 is 0. The van der Waals surface area contributed by atoms with Gasteiger partial charge in [-0.25, -0.2) is 0 Å². The SMILES string of the molecule is CC(=O)[O-].CC(=O)[O-].CC(=O)[O-].O.O.[Na+].[U+2]. The first kappa shape index (κ1) is 44.0. The van der Waals surface area contributed by atoms with Crippen molar-refractivity contribution in [3.05, 3.63) is 0 Å². The summed E-state index contributed by atoms with van der Waals surface area (Å²) >= 11 is 0. The van der Waals surface area contributed by atoms with Gasteiger partial charge in [0.2, 0.25) is 0 Å². The Bertz CT molecular complexity index is 122. The van der Waals surface area contributed by atoms with Crippen LogP contribution in [0.4, 0.5) is 0 Å². The van der Waals surface area contributed by atoms with Gasteiger partial charge in [-0.05, 0) is 20.8 Å². The van der Waals surface area contributed by atoms with Crippen LogP contribution in [0.15, 0.2) is 0 Å². The van der Waals surface area contributed by atoms with Gasteiger partial charge in [-0.2, -0.15) is 0 Å². The first-order chi connectivity index (χ1) is 5.20. The topological polar surface area (TPSA) is 183 Å². The Morgan fingerprint density at radius 2 is 0.688 bits per heavy atom. The zero-order valence-electron chi connectivity index (χ0n) is 9.45. The van der Waals surface area contributed by atoms with Gasteiger partial charge in [-0.3, -0.25) is 0 Å². The monoisotopic (exact) mass is 474 g/mol. The number of hydrogen-bond acceptors (Lipinski definition) is 6. The molecule has 0 aliphatic rings. The summed E-state index contributed by atoms with van der Waals surface area (Å²) in [5, 5.41) is 26.7. The fourth-order valence-corrected chi connectivity index (χ4v) is 0. The Morgan fingerprint density at radius 1 is 0.688 bits per heavy atom. The van der Waals surface area contributed by atoms with Crippen LogP contribution in [-0.2, 0) is 14.4 Å². The van der Waals surface area contributed by atoms with Crippen molar-refractivity contribution in [1.29, 1.82) is 0 Å². The van der Waals surface area contributed by atoms with Crippen LogP contribution in [0.2, 0.25) is 0 Å². The first-order valence-electron chi connectivity index (χ1n) is 2.72. The molecule has 0 saturated carbocycles. The molecule has 8 nitrogen and oxygen atoms in total. The van der Waals surface area contributed by atoms with Gasteiger partial charge in [0, 0.05) is 17.9 Å². The third kappa shape index (κ3) is 17700. The molecule has 0 rings (SSSR count). The van der Waals surface area contributed by atoms with E-state index in [1.165, 1.54) is 0 Å². The third-order valence-corrected chi connectivity index (χ3v) is 0. The zero-order chi connectivity index (χ0) is 10.7. The van der Waals surface area contributed by atoms with Crippen LogP contribution in [0.3, 0.4) is 0 Å². The fourth-order valence-electron chi connectivity index (χ4n) is 0. The number of aliphatic carboxylic acids is 3. The molecule has 0 aromatic heterocycles.